The highest BCUT2D eigenvalue weighted by Crippen LogP contribution is 2.42. The third-order valence-electron chi connectivity index (χ3n) is 5.95. The Labute approximate surface area is 205 Å². The van der Waals surface area contributed by atoms with E-state index in [1.807, 2.05) is 55.8 Å². The Morgan fingerprint density at radius 2 is 1.88 bits per heavy atom. The van der Waals surface area contributed by atoms with E-state index >= 15 is 0 Å². The van der Waals surface area contributed by atoms with Crippen LogP contribution in [0.25, 0.3) is 11.3 Å². The van der Waals surface area contributed by atoms with Crippen molar-refractivity contribution in [1.29, 1.82) is 0 Å². The van der Waals surface area contributed by atoms with E-state index in [9.17, 15) is 0 Å². The predicted molar refractivity (Wildman–Crippen MR) is 140 cm³/mol. The average molecular weight is 468 g/mol. The molecule has 1 unspecified atom stereocenters. The zero-order valence-electron chi connectivity index (χ0n) is 19.2. The lowest BCUT2D eigenvalue weighted by molar-refractivity contribution is 0.643. The number of nitrogens with one attached hydrogen (secondary N) is 1. The molecule has 1 aromatic heterocycles. The van der Waals surface area contributed by atoms with Gasteiger partial charge in [-0.05, 0) is 52.9 Å². The van der Waals surface area contributed by atoms with Crippen molar-refractivity contribution in [2.24, 2.45) is 4.99 Å². The summed E-state index contributed by atoms with van der Waals surface area (Å²) in [7, 11) is 3.93. The molecule has 170 valence electrons. The second-order valence-corrected chi connectivity index (χ2v) is 9.13. The van der Waals surface area contributed by atoms with Gasteiger partial charge in [0.15, 0.2) is 0 Å². The summed E-state index contributed by atoms with van der Waals surface area (Å²) in [5.74, 6) is 0.875. The highest BCUT2D eigenvalue weighted by molar-refractivity contribution is 6.30. The fourth-order valence-electron chi connectivity index (χ4n) is 4.32. The van der Waals surface area contributed by atoms with Crippen molar-refractivity contribution in [3.05, 3.63) is 106 Å². The maximum atomic E-state index is 6.11. The van der Waals surface area contributed by atoms with E-state index in [4.69, 9.17) is 16.6 Å². The smallest absolute Gasteiger partial charge is 0.223 e. The Morgan fingerprint density at radius 3 is 2.68 bits per heavy atom. The second-order valence-electron chi connectivity index (χ2n) is 8.69. The maximum Gasteiger partial charge on any atom is 0.223 e. The average Bonchev–Trinajstić information content (AvgIpc) is 2.86. The summed E-state index contributed by atoms with van der Waals surface area (Å²) >= 11 is 6.11. The molecule has 4 aromatic rings. The lowest BCUT2D eigenvalue weighted by atomic mass is 9.78. The third kappa shape index (κ3) is 4.80. The van der Waals surface area contributed by atoms with Crippen molar-refractivity contribution in [1.82, 2.24) is 14.9 Å². The molecule has 1 aliphatic rings. The first kappa shape index (κ1) is 22.1. The van der Waals surface area contributed by atoms with Crippen molar-refractivity contribution >= 4 is 29.6 Å². The highest BCUT2D eigenvalue weighted by atomic mass is 35.5. The van der Waals surface area contributed by atoms with Gasteiger partial charge in [-0.1, -0.05) is 60.1 Å². The van der Waals surface area contributed by atoms with E-state index in [2.05, 4.69) is 63.8 Å². The van der Waals surface area contributed by atoms with E-state index in [0.717, 1.165) is 39.5 Å². The molecule has 6 heteroatoms. The number of aliphatic imine (C=N–C) groups is 1. The monoisotopic (exact) mass is 467 g/mol. The van der Waals surface area contributed by atoms with Crippen LogP contribution in [0.4, 0.5) is 11.6 Å². The summed E-state index contributed by atoms with van der Waals surface area (Å²) in [4.78, 5) is 15.9. The van der Waals surface area contributed by atoms with Gasteiger partial charge >= 0.3 is 0 Å². The first-order valence-electron chi connectivity index (χ1n) is 11.3. The van der Waals surface area contributed by atoms with Crippen LogP contribution in [0.2, 0.25) is 5.02 Å². The molecule has 3 aromatic carbocycles. The van der Waals surface area contributed by atoms with Crippen LogP contribution in [-0.2, 0) is 13.0 Å². The molecule has 1 aliphatic carbocycles. The molecule has 5 nitrogen and oxygen atoms in total. The van der Waals surface area contributed by atoms with E-state index in [-0.39, 0.29) is 5.92 Å². The number of rotatable bonds is 6. The molecule has 5 rings (SSSR count). The maximum absolute atomic E-state index is 6.11. The van der Waals surface area contributed by atoms with Crippen LogP contribution >= 0.6 is 11.6 Å². The summed E-state index contributed by atoms with van der Waals surface area (Å²) < 4.78 is 0. The van der Waals surface area contributed by atoms with Crippen LogP contribution in [0.5, 0.6) is 0 Å². The van der Waals surface area contributed by atoms with Crippen LogP contribution in [0.1, 0.15) is 28.2 Å². The molecule has 1 atom stereocenters. The highest BCUT2D eigenvalue weighted by Gasteiger charge is 2.27. The van der Waals surface area contributed by atoms with Gasteiger partial charge in [0.1, 0.15) is 0 Å². The number of nitrogens with zero attached hydrogens (tertiary/aromatic N) is 4. The summed E-state index contributed by atoms with van der Waals surface area (Å²) in [6, 6.07) is 24.9. The number of halogens is 1. The molecule has 0 radical (unpaired) electrons. The number of fused-ring (bicyclic) bond motifs is 3. The van der Waals surface area contributed by atoms with E-state index < -0.39 is 0 Å². The van der Waals surface area contributed by atoms with Gasteiger partial charge in [0.2, 0.25) is 5.95 Å². The fourth-order valence-corrected chi connectivity index (χ4v) is 4.53. The molecule has 0 spiro atoms. The lowest BCUT2D eigenvalue weighted by Crippen LogP contribution is -2.15. The van der Waals surface area contributed by atoms with Gasteiger partial charge in [-0.25, -0.2) is 15.0 Å². The molecular formula is C28H26ClN5. The van der Waals surface area contributed by atoms with Gasteiger partial charge in [-0.2, -0.15) is 0 Å². The van der Waals surface area contributed by atoms with Crippen LogP contribution in [-0.4, -0.2) is 35.3 Å². The molecule has 0 bridgehead atoms. The first-order valence-corrected chi connectivity index (χ1v) is 11.7. The molecule has 1 heterocycles. The number of aromatic nitrogens is 2. The fraction of sp³-hybridized carbons (Fsp3) is 0.179. The van der Waals surface area contributed by atoms with E-state index in [0.29, 0.717) is 12.5 Å². The van der Waals surface area contributed by atoms with Crippen molar-refractivity contribution in [2.45, 2.75) is 18.9 Å². The minimum absolute atomic E-state index is 0.254. The summed E-state index contributed by atoms with van der Waals surface area (Å²) in [6.45, 7) is 0.617. The Hall–Kier alpha value is -3.70. The molecule has 0 aliphatic heterocycles. The molecule has 0 saturated heterocycles. The molecule has 0 saturated carbocycles. The number of benzene rings is 3. The lowest BCUT2D eigenvalue weighted by Gasteiger charge is -2.27. The van der Waals surface area contributed by atoms with E-state index in [1.54, 1.807) is 0 Å². The first-order chi connectivity index (χ1) is 16.6. The van der Waals surface area contributed by atoms with Crippen LogP contribution in [0.15, 0.2) is 84.0 Å². The van der Waals surface area contributed by atoms with E-state index in [1.165, 1.54) is 11.1 Å². The largest absolute Gasteiger partial charge is 0.369 e. The van der Waals surface area contributed by atoms with Crippen LogP contribution in [0, 0.1) is 0 Å². The number of hydrogen-bond acceptors (Lipinski definition) is 4. The molecule has 1 N–H and O–H groups in total. The normalized spacial score (nSPS) is 14.5. The SMILES string of the molecule is CN(C)C=Nc1ccc(C2Cc3cnc(NCc4cccc(Cl)c4)nc3-c3ccccc32)cc1. The van der Waals surface area contributed by atoms with Gasteiger partial charge in [0, 0.05) is 43.3 Å². The van der Waals surface area contributed by atoms with Crippen LogP contribution < -0.4 is 5.32 Å². The van der Waals surface area contributed by atoms with Gasteiger partial charge in [0.05, 0.1) is 17.7 Å². The Morgan fingerprint density at radius 1 is 1.06 bits per heavy atom. The second kappa shape index (κ2) is 9.65. The number of hydrogen-bond donors (Lipinski definition) is 1. The number of anilines is 1. The van der Waals surface area contributed by atoms with Crippen LogP contribution in [0.3, 0.4) is 0 Å². The van der Waals surface area contributed by atoms with Gasteiger partial charge < -0.3 is 10.2 Å². The van der Waals surface area contributed by atoms with Crippen molar-refractivity contribution in [3.8, 4) is 11.3 Å². The van der Waals surface area contributed by atoms with Crippen molar-refractivity contribution in [3.63, 3.8) is 0 Å². The standard InChI is InChI=1S/C28H26ClN5/c1-34(2)18-32-23-12-10-20(11-13-23)26-15-21-17-31-28(30-16-19-6-5-7-22(29)14-19)33-27(21)25-9-4-3-8-24(25)26/h3-14,17-18,26H,15-16H2,1-2H3,(H,30,31,33). The summed E-state index contributed by atoms with van der Waals surface area (Å²) in [6.07, 6.45) is 4.64. The Bertz CT molecular complexity index is 1330. The predicted octanol–water partition coefficient (Wildman–Crippen LogP) is 6.32. The van der Waals surface area contributed by atoms with Gasteiger partial charge in [0.25, 0.3) is 0 Å². The van der Waals surface area contributed by atoms with Gasteiger partial charge in [-0.15, -0.1) is 0 Å². The zero-order chi connectivity index (χ0) is 23.5. The Kier molecular flexibility index (Phi) is 6.28. The third-order valence-corrected chi connectivity index (χ3v) is 6.19. The molecule has 0 fully saturated rings. The van der Waals surface area contributed by atoms with Gasteiger partial charge in [-0.3, -0.25) is 0 Å². The molecule has 0 amide bonds. The summed E-state index contributed by atoms with van der Waals surface area (Å²) in [5, 5.41) is 4.07. The topological polar surface area (TPSA) is 53.4 Å². The minimum atomic E-state index is 0.254. The van der Waals surface area contributed by atoms with Crippen molar-refractivity contribution in [2.75, 3.05) is 19.4 Å². The molecular weight excluding hydrogens is 442 g/mol. The quantitative estimate of drug-likeness (QED) is 0.266. The zero-order valence-corrected chi connectivity index (χ0v) is 20.0. The minimum Gasteiger partial charge on any atom is -0.369 e. The Balaban J connectivity index is 1.41. The van der Waals surface area contributed by atoms with Crippen molar-refractivity contribution < 1.29 is 0 Å². The molecule has 34 heavy (non-hydrogen) atoms. The summed E-state index contributed by atoms with van der Waals surface area (Å²) in [5.41, 5.74) is 7.92.